The Balaban J connectivity index is 1.43. The highest BCUT2D eigenvalue weighted by Crippen LogP contribution is 2.26. The molecule has 0 saturated carbocycles. The molecule has 0 bridgehead atoms. The Morgan fingerprint density at radius 3 is 2.66 bits per heavy atom. The van der Waals surface area contributed by atoms with E-state index in [0.29, 0.717) is 18.7 Å². The molecular formula is C24H25F2N3O3. The highest BCUT2D eigenvalue weighted by atomic mass is 19.3. The number of piperidine rings is 1. The maximum Gasteiger partial charge on any atom is 0.387 e. The van der Waals surface area contributed by atoms with E-state index in [1.165, 1.54) is 0 Å². The second-order valence-corrected chi connectivity index (χ2v) is 7.75. The molecule has 3 heterocycles. The molecule has 0 radical (unpaired) electrons. The number of benzene rings is 1. The van der Waals surface area contributed by atoms with E-state index in [1.807, 2.05) is 23.1 Å². The van der Waals surface area contributed by atoms with Crippen molar-refractivity contribution in [3.8, 4) is 5.75 Å². The van der Waals surface area contributed by atoms with Crippen molar-refractivity contribution in [3.63, 3.8) is 0 Å². The minimum atomic E-state index is -2.85. The number of carbonyl (C=O) groups excluding carboxylic acids is 1. The van der Waals surface area contributed by atoms with E-state index in [2.05, 4.69) is 14.6 Å². The van der Waals surface area contributed by atoms with Crippen LogP contribution < -0.4 is 4.74 Å². The Kier molecular flexibility index (Phi) is 7.11. The third-order valence-electron chi connectivity index (χ3n) is 5.66. The van der Waals surface area contributed by atoms with Crippen LogP contribution in [-0.2, 0) is 13.1 Å². The van der Waals surface area contributed by atoms with Gasteiger partial charge in [-0.1, -0.05) is 18.2 Å². The molecular weight excluding hydrogens is 416 g/mol. The first-order valence-corrected chi connectivity index (χ1v) is 10.6. The zero-order chi connectivity index (χ0) is 22.3. The summed E-state index contributed by atoms with van der Waals surface area (Å²) < 4.78 is 35.6. The van der Waals surface area contributed by atoms with Crippen LogP contribution in [0.3, 0.4) is 0 Å². The van der Waals surface area contributed by atoms with Crippen molar-refractivity contribution in [2.75, 3.05) is 13.1 Å². The Labute approximate surface area is 185 Å². The number of aromatic nitrogens is 1. The number of halogens is 2. The molecule has 0 unspecified atom stereocenters. The fourth-order valence-corrected chi connectivity index (χ4v) is 4.07. The largest absolute Gasteiger partial charge is 0.467 e. The molecule has 0 aliphatic carbocycles. The number of furan rings is 1. The summed E-state index contributed by atoms with van der Waals surface area (Å²) in [4.78, 5) is 21.4. The molecule has 1 aliphatic heterocycles. The number of carbonyl (C=O) groups is 1. The van der Waals surface area contributed by atoms with Gasteiger partial charge < -0.3 is 14.1 Å². The zero-order valence-electron chi connectivity index (χ0n) is 17.6. The molecule has 6 nitrogen and oxygen atoms in total. The summed E-state index contributed by atoms with van der Waals surface area (Å²) in [5.41, 5.74) is 1.27. The number of pyridine rings is 1. The van der Waals surface area contributed by atoms with Gasteiger partial charge in [-0.25, -0.2) is 0 Å². The molecule has 0 spiro atoms. The smallest absolute Gasteiger partial charge is 0.387 e. The average Bonchev–Trinajstić information content (AvgIpc) is 3.33. The minimum absolute atomic E-state index is 0.0385. The molecule has 1 fully saturated rings. The molecule has 2 aromatic heterocycles. The molecule has 4 rings (SSSR count). The van der Waals surface area contributed by atoms with Crippen LogP contribution in [0.4, 0.5) is 8.78 Å². The lowest BCUT2D eigenvalue weighted by molar-refractivity contribution is -0.0508. The van der Waals surface area contributed by atoms with Crippen LogP contribution in [0.2, 0.25) is 0 Å². The first kappa shape index (κ1) is 22.0. The monoisotopic (exact) mass is 441 g/mol. The number of hydrogen-bond donors (Lipinski definition) is 0. The van der Waals surface area contributed by atoms with Gasteiger partial charge in [0.2, 0.25) is 0 Å². The van der Waals surface area contributed by atoms with E-state index >= 15 is 0 Å². The standard InChI is InChI=1S/C24H25F2N3O3/c25-24(26)32-22-8-2-1-5-19(22)16-28-12-9-20(10-13-28)29(17-21-7-4-14-31-21)23(30)18-6-3-11-27-15-18/h1-8,11,14-15,20,24H,9-10,12-13,16-17H2. The Bertz CT molecular complexity index is 991. The lowest BCUT2D eigenvalue weighted by atomic mass is 10.0. The number of alkyl halides is 2. The van der Waals surface area contributed by atoms with Crippen LogP contribution in [0.1, 0.15) is 34.5 Å². The van der Waals surface area contributed by atoms with Crippen LogP contribution in [0.15, 0.2) is 71.6 Å². The van der Waals surface area contributed by atoms with Gasteiger partial charge in [-0.3, -0.25) is 14.7 Å². The van der Waals surface area contributed by atoms with E-state index < -0.39 is 6.61 Å². The van der Waals surface area contributed by atoms with Crippen LogP contribution in [0.5, 0.6) is 5.75 Å². The Morgan fingerprint density at radius 2 is 1.97 bits per heavy atom. The minimum Gasteiger partial charge on any atom is -0.467 e. The van der Waals surface area contributed by atoms with Gasteiger partial charge in [-0.15, -0.1) is 0 Å². The summed E-state index contributed by atoms with van der Waals surface area (Å²) in [5.74, 6) is 0.849. The van der Waals surface area contributed by atoms with Gasteiger partial charge in [0.1, 0.15) is 11.5 Å². The summed E-state index contributed by atoms with van der Waals surface area (Å²) in [6, 6.07) is 14.1. The first-order chi connectivity index (χ1) is 15.6. The number of likely N-dealkylation sites (tertiary alicyclic amines) is 1. The molecule has 0 atom stereocenters. The summed E-state index contributed by atoms with van der Waals surface area (Å²) in [7, 11) is 0. The molecule has 168 valence electrons. The molecule has 1 saturated heterocycles. The summed E-state index contributed by atoms with van der Waals surface area (Å²) in [6.45, 7) is -0.470. The fourth-order valence-electron chi connectivity index (χ4n) is 4.07. The molecule has 0 N–H and O–H groups in total. The number of ether oxygens (including phenoxy) is 1. The quantitative estimate of drug-likeness (QED) is 0.512. The molecule has 1 amide bonds. The topological polar surface area (TPSA) is 58.8 Å². The van der Waals surface area contributed by atoms with Crippen molar-refractivity contribution in [2.45, 2.75) is 38.6 Å². The predicted molar refractivity (Wildman–Crippen MR) is 114 cm³/mol. The fraction of sp³-hybridized carbons (Fsp3) is 0.333. The highest BCUT2D eigenvalue weighted by Gasteiger charge is 2.30. The van der Waals surface area contributed by atoms with Crippen LogP contribution in [-0.4, -0.2) is 46.4 Å². The number of amides is 1. The lowest BCUT2D eigenvalue weighted by Gasteiger charge is -2.38. The van der Waals surface area contributed by atoms with Gasteiger partial charge >= 0.3 is 6.61 Å². The van der Waals surface area contributed by atoms with Crippen LogP contribution in [0.25, 0.3) is 0 Å². The first-order valence-electron chi connectivity index (χ1n) is 10.6. The molecule has 1 aliphatic rings. The maximum absolute atomic E-state index is 13.2. The summed E-state index contributed by atoms with van der Waals surface area (Å²) in [6.07, 6.45) is 6.35. The van der Waals surface area contributed by atoms with Crippen LogP contribution >= 0.6 is 0 Å². The SMILES string of the molecule is O=C(c1cccnc1)N(Cc1ccco1)C1CCN(Cc2ccccc2OC(F)F)CC1. The Morgan fingerprint density at radius 1 is 1.16 bits per heavy atom. The third-order valence-corrected chi connectivity index (χ3v) is 5.66. The van der Waals surface area contributed by atoms with Crippen molar-refractivity contribution < 1.29 is 22.7 Å². The Hall–Kier alpha value is -3.26. The van der Waals surface area contributed by atoms with E-state index in [0.717, 1.165) is 37.3 Å². The lowest BCUT2D eigenvalue weighted by Crippen LogP contribution is -2.46. The predicted octanol–water partition coefficient (Wildman–Crippen LogP) is 4.58. The number of para-hydroxylation sites is 1. The number of hydrogen-bond acceptors (Lipinski definition) is 5. The van der Waals surface area contributed by atoms with Gasteiger partial charge in [0.25, 0.3) is 5.91 Å². The molecule has 8 heteroatoms. The van der Waals surface area contributed by atoms with E-state index in [4.69, 9.17) is 4.42 Å². The number of rotatable bonds is 8. The van der Waals surface area contributed by atoms with Gasteiger partial charge in [0.15, 0.2) is 0 Å². The van der Waals surface area contributed by atoms with Crippen LogP contribution in [0, 0.1) is 0 Å². The molecule has 3 aromatic rings. The average molecular weight is 441 g/mol. The second-order valence-electron chi connectivity index (χ2n) is 7.75. The van der Waals surface area contributed by atoms with Gasteiger partial charge in [-0.2, -0.15) is 8.78 Å². The van der Waals surface area contributed by atoms with Crippen molar-refractivity contribution in [1.82, 2.24) is 14.8 Å². The summed E-state index contributed by atoms with van der Waals surface area (Å²) >= 11 is 0. The third kappa shape index (κ3) is 5.50. The summed E-state index contributed by atoms with van der Waals surface area (Å²) in [5, 5.41) is 0. The highest BCUT2D eigenvalue weighted by molar-refractivity contribution is 5.94. The van der Waals surface area contributed by atoms with E-state index in [-0.39, 0.29) is 17.7 Å². The van der Waals surface area contributed by atoms with Gasteiger partial charge in [0, 0.05) is 43.6 Å². The van der Waals surface area contributed by atoms with Crippen molar-refractivity contribution >= 4 is 5.91 Å². The number of nitrogens with zero attached hydrogens (tertiary/aromatic N) is 3. The van der Waals surface area contributed by atoms with Crippen molar-refractivity contribution in [3.05, 3.63) is 84.1 Å². The normalized spacial score (nSPS) is 15.1. The molecule has 1 aromatic carbocycles. The van der Waals surface area contributed by atoms with Crippen molar-refractivity contribution in [2.24, 2.45) is 0 Å². The maximum atomic E-state index is 13.2. The van der Waals surface area contributed by atoms with Crippen molar-refractivity contribution in [1.29, 1.82) is 0 Å². The van der Waals surface area contributed by atoms with E-state index in [1.54, 1.807) is 49.0 Å². The second kappa shape index (κ2) is 10.4. The van der Waals surface area contributed by atoms with E-state index in [9.17, 15) is 13.6 Å². The zero-order valence-corrected chi connectivity index (χ0v) is 17.6. The van der Waals surface area contributed by atoms with Gasteiger partial charge in [0.05, 0.1) is 18.4 Å². The van der Waals surface area contributed by atoms with Gasteiger partial charge in [-0.05, 0) is 43.2 Å². The molecule has 32 heavy (non-hydrogen) atoms.